The van der Waals surface area contributed by atoms with Crippen LogP contribution in [0.15, 0.2) is 23.6 Å². The number of aromatic nitrogens is 1. The fraction of sp³-hybridized carbons (Fsp3) is 0.333. The Kier molecular flexibility index (Phi) is 4.69. The summed E-state index contributed by atoms with van der Waals surface area (Å²) in [5.41, 5.74) is 7.36. The Balaban J connectivity index is 2.08. The van der Waals surface area contributed by atoms with Gasteiger partial charge < -0.3 is 11.1 Å². The smallest absolute Gasteiger partial charge is 0.271 e. The molecule has 0 aliphatic carbocycles. The largest absolute Gasteiger partial charge is 0.344 e. The zero-order valence-corrected chi connectivity index (χ0v) is 13.0. The lowest BCUT2D eigenvalue weighted by Gasteiger charge is -2.14. The van der Waals surface area contributed by atoms with Crippen LogP contribution in [0.3, 0.4) is 0 Å². The maximum atomic E-state index is 13.6. The number of amides is 1. The van der Waals surface area contributed by atoms with Gasteiger partial charge in [0.15, 0.2) is 0 Å². The zero-order chi connectivity index (χ0) is 15.6. The number of hydrogen-bond acceptors (Lipinski definition) is 4. The first-order chi connectivity index (χ1) is 9.88. The van der Waals surface area contributed by atoms with Gasteiger partial charge >= 0.3 is 0 Å². The lowest BCUT2D eigenvalue weighted by Crippen LogP contribution is -2.27. The summed E-state index contributed by atoms with van der Waals surface area (Å²) >= 11 is 1.36. The van der Waals surface area contributed by atoms with Crippen LogP contribution in [0.1, 0.15) is 52.6 Å². The summed E-state index contributed by atoms with van der Waals surface area (Å²) in [6.45, 7) is 5.33. The maximum Gasteiger partial charge on any atom is 0.271 e. The van der Waals surface area contributed by atoms with Crippen LogP contribution in [0.2, 0.25) is 0 Å². The van der Waals surface area contributed by atoms with Gasteiger partial charge in [0, 0.05) is 5.38 Å². The predicted molar refractivity (Wildman–Crippen MR) is 81.7 cm³/mol. The first kappa shape index (κ1) is 15.6. The predicted octanol–water partition coefficient (Wildman–Crippen LogP) is 3.10. The van der Waals surface area contributed by atoms with Gasteiger partial charge in [-0.05, 0) is 38.0 Å². The molecule has 2 rings (SSSR count). The number of nitrogens with two attached hydrogens (primary N) is 1. The molecule has 0 spiro atoms. The highest BCUT2D eigenvalue weighted by molar-refractivity contribution is 7.09. The number of nitrogens with zero attached hydrogens (tertiary/aromatic N) is 1. The van der Waals surface area contributed by atoms with Crippen molar-refractivity contribution in [1.82, 2.24) is 10.3 Å². The number of carbonyl (C=O) groups is 1. The van der Waals surface area contributed by atoms with Gasteiger partial charge in [-0.3, -0.25) is 4.79 Å². The molecule has 0 aliphatic heterocycles. The SMILES string of the molecule is Cc1ccc(C(C)NC(=O)c2csc(C(C)N)n2)cc1F. The van der Waals surface area contributed by atoms with Gasteiger partial charge in [-0.15, -0.1) is 11.3 Å². The molecule has 0 fully saturated rings. The van der Waals surface area contributed by atoms with Gasteiger partial charge in [0.05, 0.1) is 12.1 Å². The van der Waals surface area contributed by atoms with E-state index in [1.807, 2.05) is 6.92 Å². The van der Waals surface area contributed by atoms with Crippen molar-refractivity contribution < 1.29 is 9.18 Å². The van der Waals surface area contributed by atoms with E-state index in [-0.39, 0.29) is 23.8 Å². The summed E-state index contributed by atoms with van der Waals surface area (Å²) in [5.74, 6) is -0.562. The molecule has 1 aromatic heterocycles. The first-order valence-electron chi connectivity index (χ1n) is 6.66. The molecule has 112 valence electrons. The minimum absolute atomic E-state index is 0.194. The molecule has 1 aromatic carbocycles. The van der Waals surface area contributed by atoms with Crippen molar-refractivity contribution in [2.24, 2.45) is 5.73 Å². The number of nitrogens with one attached hydrogen (secondary N) is 1. The van der Waals surface area contributed by atoms with E-state index < -0.39 is 0 Å². The van der Waals surface area contributed by atoms with Crippen molar-refractivity contribution in [1.29, 1.82) is 0 Å². The Morgan fingerprint density at radius 1 is 1.43 bits per heavy atom. The van der Waals surface area contributed by atoms with Crippen molar-refractivity contribution in [3.8, 4) is 0 Å². The van der Waals surface area contributed by atoms with Crippen molar-refractivity contribution in [3.63, 3.8) is 0 Å². The molecule has 0 aliphatic rings. The third kappa shape index (κ3) is 3.65. The number of benzene rings is 1. The van der Waals surface area contributed by atoms with Crippen molar-refractivity contribution in [2.45, 2.75) is 32.9 Å². The second-order valence-electron chi connectivity index (χ2n) is 5.06. The number of carbonyl (C=O) groups excluding carboxylic acids is 1. The van der Waals surface area contributed by atoms with Crippen LogP contribution >= 0.6 is 11.3 Å². The second kappa shape index (κ2) is 6.32. The van der Waals surface area contributed by atoms with Gasteiger partial charge in [-0.1, -0.05) is 12.1 Å². The molecular formula is C15H18FN3OS. The molecule has 3 N–H and O–H groups in total. The molecule has 2 aromatic rings. The number of aryl methyl sites for hydroxylation is 1. The Hall–Kier alpha value is -1.79. The first-order valence-corrected chi connectivity index (χ1v) is 7.54. The molecule has 0 saturated heterocycles. The van der Waals surface area contributed by atoms with Crippen LogP contribution in [0, 0.1) is 12.7 Å². The van der Waals surface area contributed by atoms with Gasteiger partial charge in [-0.25, -0.2) is 9.37 Å². The van der Waals surface area contributed by atoms with E-state index in [9.17, 15) is 9.18 Å². The van der Waals surface area contributed by atoms with Crippen LogP contribution in [-0.2, 0) is 0 Å². The maximum absolute atomic E-state index is 13.6. The van der Waals surface area contributed by atoms with Crippen LogP contribution in [-0.4, -0.2) is 10.9 Å². The molecule has 1 heterocycles. The third-order valence-corrected chi connectivity index (χ3v) is 4.23. The highest BCUT2D eigenvalue weighted by Gasteiger charge is 2.16. The molecule has 0 radical (unpaired) electrons. The Bertz CT molecular complexity index is 654. The molecule has 1 amide bonds. The number of halogens is 1. The van der Waals surface area contributed by atoms with E-state index in [0.29, 0.717) is 21.8 Å². The fourth-order valence-electron chi connectivity index (χ4n) is 1.83. The quantitative estimate of drug-likeness (QED) is 0.912. The van der Waals surface area contributed by atoms with Crippen molar-refractivity contribution in [2.75, 3.05) is 0 Å². The summed E-state index contributed by atoms with van der Waals surface area (Å²) in [6, 6.07) is 4.45. The Morgan fingerprint density at radius 2 is 2.14 bits per heavy atom. The van der Waals surface area contributed by atoms with Gasteiger partial charge in [0.25, 0.3) is 5.91 Å². The van der Waals surface area contributed by atoms with E-state index in [2.05, 4.69) is 10.3 Å². The number of thiazole rings is 1. The van der Waals surface area contributed by atoms with Gasteiger partial charge in [-0.2, -0.15) is 0 Å². The number of rotatable bonds is 4. The minimum atomic E-state index is -0.298. The lowest BCUT2D eigenvalue weighted by molar-refractivity contribution is 0.0935. The van der Waals surface area contributed by atoms with E-state index in [1.54, 1.807) is 31.4 Å². The third-order valence-electron chi connectivity index (χ3n) is 3.19. The second-order valence-corrected chi connectivity index (χ2v) is 5.95. The molecule has 0 bridgehead atoms. The summed E-state index contributed by atoms with van der Waals surface area (Å²) in [7, 11) is 0. The lowest BCUT2D eigenvalue weighted by atomic mass is 10.1. The topological polar surface area (TPSA) is 68.0 Å². The van der Waals surface area contributed by atoms with Crippen LogP contribution < -0.4 is 11.1 Å². The van der Waals surface area contributed by atoms with E-state index in [0.717, 1.165) is 0 Å². The molecule has 2 atom stereocenters. The van der Waals surface area contributed by atoms with Crippen LogP contribution in [0.4, 0.5) is 4.39 Å². The zero-order valence-electron chi connectivity index (χ0n) is 12.2. The highest BCUT2D eigenvalue weighted by Crippen LogP contribution is 2.19. The van der Waals surface area contributed by atoms with Crippen molar-refractivity contribution >= 4 is 17.2 Å². The highest BCUT2D eigenvalue weighted by atomic mass is 32.1. The molecule has 6 heteroatoms. The van der Waals surface area contributed by atoms with E-state index >= 15 is 0 Å². The summed E-state index contributed by atoms with van der Waals surface area (Å²) in [4.78, 5) is 16.3. The molecule has 4 nitrogen and oxygen atoms in total. The van der Waals surface area contributed by atoms with E-state index in [4.69, 9.17) is 5.73 Å². The van der Waals surface area contributed by atoms with Gasteiger partial charge in [0.1, 0.15) is 16.5 Å². The van der Waals surface area contributed by atoms with Gasteiger partial charge in [0.2, 0.25) is 0 Å². The Labute approximate surface area is 127 Å². The van der Waals surface area contributed by atoms with Crippen LogP contribution in [0.5, 0.6) is 0 Å². The molecule has 2 unspecified atom stereocenters. The van der Waals surface area contributed by atoms with Crippen molar-refractivity contribution in [3.05, 3.63) is 51.2 Å². The summed E-state index contributed by atoms with van der Waals surface area (Å²) in [6.07, 6.45) is 0. The Morgan fingerprint density at radius 3 is 2.71 bits per heavy atom. The summed E-state index contributed by atoms with van der Waals surface area (Å²) in [5, 5.41) is 5.20. The summed E-state index contributed by atoms with van der Waals surface area (Å²) < 4.78 is 13.6. The number of hydrogen-bond donors (Lipinski definition) is 2. The average Bonchev–Trinajstić information content (AvgIpc) is 2.91. The van der Waals surface area contributed by atoms with Crippen LogP contribution in [0.25, 0.3) is 0 Å². The normalized spacial score (nSPS) is 13.8. The molecular weight excluding hydrogens is 289 g/mol. The minimum Gasteiger partial charge on any atom is -0.344 e. The fourth-order valence-corrected chi connectivity index (χ4v) is 2.59. The molecule has 0 saturated carbocycles. The average molecular weight is 307 g/mol. The standard InChI is InChI=1S/C15H18FN3OS/c1-8-4-5-11(6-12(8)16)10(3)18-14(20)13-7-21-15(19-13)9(2)17/h4-7,9-10H,17H2,1-3H3,(H,18,20). The molecule has 21 heavy (non-hydrogen) atoms. The van der Waals surface area contributed by atoms with E-state index in [1.165, 1.54) is 17.4 Å². The monoisotopic (exact) mass is 307 g/mol.